The molecule has 0 aliphatic carbocycles. The van der Waals surface area contributed by atoms with Crippen LogP contribution in [0.4, 0.5) is 0 Å². The molecular formula is C18H20N2O5. The summed E-state index contributed by atoms with van der Waals surface area (Å²) in [5.41, 5.74) is 3.36. The maximum Gasteiger partial charge on any atom is 0.337 e. The Balaban J connectivity index is 0.000000970. The number of carbonyl (C=O) groups is 3. The second-order valence-electron chi connectivity index (χ2n) is 5.48. The van der Waals surface area contributed by atoms with E-state index in [-0.39, 0.29) is 17.9 Å². The molecule has 1 heterocycles. The van der Waals surface area contributed by atoms with Crippen molar-refractivity contribution in [2.75, 3.05) is 14.1 Å². The van der Waals surface area contributed by atoms with E-state index in [0.717, 1.165) is 5.56 Å². The molecule has 1 aromatic carbocycles. The van der Waals surface area contributed by atoms with E-state index in [1.807, 2.05) is 6.07 Å². The van der Waals surface area contributed by atoms with Crippen LogP contribution in [0.1, 0.15) is 32.0 Å². The predicted molar refractivity (Wildman–Crippen MR) is 92.8 cm³/mol. The highest BCUT2D eigenvalue weighted by Gasteiger charge is 2.15. The highest BCUT2D eigenvalue weighted by molar-refractivity contribution is 5.95. The summed E-state index contributed by atoms with van der Waals surface area (Å²) in [7, 11) is 3.40. The van der Waals surface area contributed by atoms with E-state index in [4.69, 9.17) is 9.90 Å². The molecular weight excluding hydrogens is 324 g/mol. The summed E-state index contributed by atoms with van der Waals surface area (Å²) in [6.07, 6.45) is 0. The molecule has 7 nitrogen and oxygen atoms in total. The molecule has 1 amide bonds. The normalized spacial score (nSPS) is 9.60. The maximum absolute atomic E-state index is 12.0. The molecule has 0 spiro atoms. The van der Waals surface area contributed by atoms with E-state index in [1.165, 1.54) is 4.90 Å². The van der Waals surface area contributed by atoms with Crippen LogP contribution < -0.4 is 0 Å². The predicted octanol–water partition coefficient (Wildman–Crippen LogP) is 2.47. The Kier molecular flexibility index (Phi) is 6.81. The van der Waals surface area contributed by atoms with Gasteiger partial charge in [0.25, 0.3) is 12.4 Å². The first kappa shape index (κ1) is 19.8. The summed E-state index contributed by atoms with van der Waals surface area (Å²) in [6, 6.07) is 8.90. The van der Waals surface area contributed by atoms with Crippen molar-refractivity contribution in [1.82, 2.24) is 9.88 Å². The average Bonchev–Trinajstić information content (AvgIpc) is 2.53. The zero-order valence-electron chi connectivity index (χ0n) is 14.5. The SMILES string of the molecule is Cc1cc(-c2cccc(C(=O)N(C)C)c2)nc(C)c1C(=O)O.O=CO. The summed E-state index contributed by atoms with van der Waals surface area (Å²) in [6.45, 7) is 3.17. The Bertz CT molecular complexity index is 777. The van der Waals surface area contributed by atoms with Crippen LogP contribution in [-0.2, 0) is 4.79 Å². The van der Waals surface area contributed by atoms with E-state index < -0.39 is 5.97 Å². The Morgan fingerprint density at radius 1 is 1.16 bits per heavy atom. The number of hydrogen-bond acceptors (Lipinski definition) is 4. The Morgan fingerprint density at radius 3 is 2.24 bits per heavy atom. The number of aryl methyl sites for hydroxylation is 2. The number of aromatic nitrogens is 1. The fourth-order valence-corrected chi connectivity index (χ4v) is 2.37. The van der Waals surface area contributed by atoms with E-state index in [1.54, 1.807) is 52.2 Å². The van der Waals surface area contributed by atoms with Gasteiger partial charge in [-0.05, 0) is 37.6 Å². The lowest BCUT2D eigenvalue weighted by Gasteiger charge is -2.12. The minimum Gasteiger partial charge on any atom is -0.483 e. The van der Waals surface area contributed by atoms with Crippen LogP contribution in [0.5, 0.6) is 0 Å². The second-order valence-corrected chi connectivity index (χ2v) is 5.48. The number of benzene rings is 1. The highest BCUT2D eigenvalue weighted by Crippen LogP contribution is 2.23. The maximum atomic E-state index is 12.0. The van der Waals surface area contributed by atoms with Crippen molar-refractivity contribution in [3.05, 3.63) is 52.7 Å². The number of pyridine rings is 1. The van der Waals surface area contributed by atoms with Gasteiger partial charge in [-0.1, -0.05) is 12.1 Å². The molecule has 132 valence electrons. The molecule has 0 aliphatic heterocycles. The molecule has 2 rings (SSSR count). The van der Waals surface area contributed by atoms with E-state index >= 15 is 0 Å². The highest BCUT2D eigenvalue weighted by atomic mass is 16.4. The molecule has 0 aliphatic rings. The number of hydrogen-bond donors (Lipinski definition) is 2. The van der Waals surface area contributed by atoms with Gasteiger partial charge < -0.3 is 15.1 Å². The molecule has 0 saturated heterocycles. The topological polar surface area (TPSA) is 108 Å². The summed E-state index contributed by atoms with van der Waals surface area (Å²) in [4.78, 5) is 37.5. The van der Waals surface area contributed by atoms with Gasteiger partial charge in [0.1, 0.15) is 0 Å². The van der Waals surface area contributed by atoms with Crippen molar-refractivity contribution in [2.45, 2.75) is 13.8 Å². The standard InChI is InChI=1S/C17H18N2O3.CH2O2/c1-10-8-14(18-11(2)15(10)17(21)22)12-6-5-7-13(9-12)16(20)19(3)4;2-1-3/h5-9H,1-4H3,(H,21,22);1H,(H,2,3). The molecule has 1 aromatic heterocycles. The van der Waals surface area contributed by atoms with Gasteiger partial charge in [-0.25, -0.2) is 4.79 Å². The third-order valence-corrected chi connectivity index (χ3v) is 3.42. The van der Waals surface area contributed by atoms with Crippen LogP contribution in [0.3, 0.4) is 0 Å². The monoisotopic (exact) mass is 344 g/mol. The number of carbonyl (C=O) groups excluding carboxylic acids is 1. The number of rotatable bonds is 3. The van der Waals surface area contributed by atoms with Crippen molar-refractivity contribution >= 4 is 18.3 Å². The van der Waals surface area contributed by atoms with Crippen molar-refractivity contribution in [1.29, 1.82) is 0 Å². The first-order valence-electron chi connectivity index (χ1n) is 7.34. The molecule has 2 aromatic rings. The minimum atomic E-state index is -0.981. The Morgan fingerprint density at radius 2 is 1.76 bits per heavy atom. The zero-order valence-corrected chi connectivity index (χ0v) is 14.5. The van der Waals surface area contributed by atoms with Gasteiger partial charge >= 0.3 is 5.97 Å². The zero-order chi connectivity index (χ0) is 19.1. The smallest absolute Gasteiger partial charge is 0.337 e. The number of carboxylic acid groups (broad SMARTS) is 2. The molecule has 0 bridgehead atoms. The van der Waals surface area contributed by atoms with Gasteiger partial charge in [0, 0.05) is 25.2 Å². The lowest BCUT2D eigenvalue weighted by molar-refractivity contribution is -0.122. The van der Waals surface area contributed by atoms with Crippen LogP contribution in [0.25, 0.3) is 11.3 Å². The van der Waals surface area contributed by atoms with Gasteiger partial charge in [0.15, 0.2) is 0 Å². The van der Waals surface area contributed by atoms with Crippen molar-refractivity contribution in [2.24, 2.45) is 0 Å². The molecule has 2 N–H and O–H groups in total. The minimum absolute atomic E-state index is 0.0857. The molecule has 0 unspecified atom stereocenters. The third-order valence-electron chi connectivity index (χ3n) is 3.42. The Hall–Kier alpha value is -3.22. The average molecular weight is 344 g/mol. The summed E-state index contributed by atoms with van der Waals surface area (Å²) in [5.74, 6) is -1.07. The molecule has 7 heteroatoms. The number of nitrogens with zero attached hydrogens (tertiary/aromatic N) is 2. The molecule has 0 saturated carbocycles. The van der Waals surface area contributed by atoms with Crippen molar-refractivity contribution in [3.8, 4) is 11.3 Å². The summed E-state index contributed by atoms with van der Waals surface area (Å²) in [5, 5.41) is 16.1. The van der Waals surface area contributed by atoms with Crippen LogP contribution in [0, 0.1) is 13.8 Å². The van der Waals surface area contributed by atoms with E-state index in [9.17, 15) is 14.7 Å². The third kappa shape index (κ3) is 4.87. The fourth-order valence-electron chi connectivity index (χ4n) is 2.37. The second kappa shape index (κ2) is 8.58. The lowest BCUT2D eigenvalue weighted by atomic mass is 10.0. The first-order chi connectivity index (χ1) is 11.7. The van der Waals surface area contributed by atoms with Crippen molar-refractivity contribution < 1.29 is 24.6 Å². The van der Waals surface area contributed by atoms with Crippen molar-refractivity contribution in [3.63, 3.8) is 0 Å². The van der Waals surface area contributed by atoms with E-state index in [0.29, 0.717) is 22.5 Å². The van der Waals surface area contributed by atoms with Crippen LogP contribution in [-0.4, -0.2) is 52.5 Å². The quantitative estimate of drug-likeness (QED) is 0.828. The number of aromatic carboxylic acids is 1. The molecule has 0 fully saturated rings. The van der Waals surface area contributed by atoms with Gasteiger partial charge in [0.2, 0.25) is 0 Å². The number of carboxylic acids is 1. The molecule has 0 radical (unpaired) electrons. The van der Waals surface area contributed by atoms with Gasteiger partial charge in [-0.2, -0.15) is 0 Å². The van der Waals surface area contributed by atoms with Crippen LogP contribution >= 0.6 is 0 Å². The van der Waals surface area contributed by atoms with Crippen LogP contribution in [0.2, 0.25) is 0 Å². The first-order valence-corrected chi connectivity index (χ1v) is 7.34. The lowest BCUT2D eigenvalue weighted by Crippen LogP contribution is -2.21. The summed E-state index contributed by atoms with van der Waals surface area (Å²) >= 11 is 0. The van der Waals surface area contributed by atoms with Crippen LogP contribution in [0.15, 0.2) is 30.3 Å². The molecule has 0 atom stereocenters. The Labute approximate surface area is 145 Å². The summed E-state index contributed by atoms with van der Waals surface area (Å²) < 4.78 is 0. The molecule has 25 heavy (non-hydrogen) atoms. The van der Waals surface area contributed by atoms with E-state index in [2.05, 4.69) is 4.98 Å². The number of amides is 1. The van der Waals surface area contributed by atoms with Gasteiger partial charge in [-0.15, -0.1) is 0 Å². The van der Waals surface area contributed by atoms with Gasteiger partial charge in [0.05, 0.1) is 17.0 Å². The largest absolute Gasteiger partial charge is 0.483 e. The fraction of sp³-hybridized carbons (Fsp3) is 0.222. The van der Waals surface area contributed by atoms with Gasteiger partial charge in [-0.3, -0.25) is 14.6 Å².